The number of nitrogens with one attached hydrogen (secondary N) is 1. The van der Waals surface area contributed by atoms with Gasteiger partial charge in [0.15, 0.2) is 23.3 Å². The number of aromatic nitrogens is 2. The zero-order valence-electron chi connectivity index (χ0n) is 43.4. The smallest absolute Gasteiger partial charge is 0.352 e. The second kappa shape index (κ2) is 27.9. The molecule has 4 saturated heterocycles. The number of para-hydroxylation sites is 2. The molecule has 6 aromatic rings. The number of halogens is 7. The van der Waals surface area contributed by atoms with E-state index < -0.39 is 29.2 Å². The Morgan fingerprint density at radius 3 is 1.31 bits per heavy atom. The van der Waals surface area contributed by atoms with Crippen LogP contribution < -0.4 is 24.9 Å². The van der Waals surface area contributed by atoms with E-state index in [0.29, 0.717) is 43.3 Å². The maximum Gasteiger partial charge on any atom is 0.352 e. The van der Waals surface area contributed by atoms with Crippen molar-refractivity contribution in [2.45, 2.75) is 34.4 Å². The molecule has 4 aromatic carbocycles. The molecule has 6 heterocycles. The molecule has 4 aliphatic heterocycles. The molecule has 0 spiro atoms. The fraction of sp³-hybridized carbons (Fsp3) is 0.404. The van der Waals surface area contributed by atoms with E-state index in [-0.39, 0.29) is 37.3 Å². The first-order chi connectivity index (χ1) is 36.1. The van der Waals surface area contributed by atoms with Gasteiger partial charge in [0, 0.05) is 167 Å². The van der Waals surface area contributed by atoms with Crippen LogP contribution in [0.1, 0.15) is 50.9 Å². The van der Waals surface area contributed by atoms with Gasteiger partial charge in [0.1, 0.15) is 11.4 Å². The minimum atomic E-state index is -0.879. The fourth-order valence-electron chi connectivity index (χ4n) is 10.1. The van der Waals surface area contributed by atoms with E-state index in [1.54, 1.807) is 29.8 Å². The molecule has 10 rings (SSSR count). The maximum absolute atomic E-state index is 13.6. The van der Waals surface area contributed by atoms with Crippen molar-refractivity contribution in [3.05, 3.63) is 164 Å². The molecule has 0 saturated carbocycles. The first-order valence-electron chi connectivity index (χ1n) is 25.4. The van der Waals surface area contributed by atoms with Crippen LogP contribution in [0.4, 0.5) is 40.3 Å². The highest BCUT2D eigenvalue weighted by Crippen LogP contribution is 2.29. The van der Waals surface area contributed by atoms with E-state index in [0.717, 1.165) is 147 Å². The number of rotatable bonds is 10. The average molecular weight is 1220 g/mol. The Balaban J connectivity index is 0.000000205. The molecule has 0 unspecified atom stereocenters. The van der Waals surface area contributed by atoms with Crippen LogP contribution in [0.3, 0.4) is 0 Å². The van der Waals surface area contributed by atoms with Gasteiger partial charge in [-0.05, 0) is 85.6 Å². The summed E-state index contributed by atoms with van der Waals surface area (Å²) >= 11 is 12.7. The normalized spacial score (nSPS) is 16.2. The van der Waals surface area contributed by atoms with Crippen molar-refractivity contribution in [3.8, 4) is 0 Å². The summed E-state index contributed by atoms with van der Waals surface area (Å²) in [5.41, 5.74) is 8.95. The second-order valence-corrected chi connectivity index (χ2v) is 20.2. The van der Waals surface area contributed by atoms with Crippen LogP contribution in [-0.2, 0) is 27.2 Å². The summed E-state index contributed by atoms with van der Waals surface area (Å²) in [6.07, 6.45) is 0. The number of hydrogen-bond donors (Lipinski definition) is 2. The third kappa shape index (κ3) is 15.0. The second-order valence-electron chi connectivity index (χ2n) is 19.3. The first-order valence-corrected chi connectivity index (χ1v) is 26.2. The lowest BCUT2D eigenvalue weighted by atomic mass is 10.2. The lowest BCUT2D eigenvalue weighted by Crippen LogP contribution is -2.49. The molecule has 4 fully saturated rings. The topological polar surface area (TPSA) is 98.9 Å². The minimum Gasteiger partial charge on any atom is -0.477 e. The van der Waals surface area contributed by atoms with Crippen molar-refractivity contribution < 1.29 is 32.3 Å². The van der Waals surface area contributed by atoms with Crippen LogP contribution in [-0.4, -0.2) is 146 Å². The number of amides is 1. The van der Waals surface area contributed by atoms with Gasteiger partial charge in [-0.25, -0.2) is 22.4 Å². The minimum absolute atomic E-state index is 0. The van der Waals surface area contributed by atoms with Crippen LogP contribution in [0.25, 0.3) is 0 Å². The number of anilines is 4. The van der Waals surface area contributed by atoms with E-state index in [9.17, 15) is 32.3 Å². The van der Waals surface area contributed by atoms with Crippen molar-refractivity contribution in [2.24, 2.45) is 14.1 Å². The number of benzene rings is 4. The molecule has 0 radical (unpaired) electrons. The number of carbonyl (C=O) groups excluding carboxylic acids is 1. The molecule has 0 bridgehead atoms. The highest BCUT2D eigenvalue weighted by Gasteiger charge is 2.28. The lowest BCUT2D eigenvalue weighted by molar-refractivity contribution is 0.0684. The number of carboxylic acids is 1. The summed E-state index contributed by atoms with van der Waals surface area (Å²) in [5, 5.41) is 14.0. The molecular formula is C57H71Cl2F4IN10O3. The molecular weight excluding hydrogens is 1150 g/mol. The van der Waals surface area contributed by atoms with Gasteiger partial charge in [-0.2, -0.15) is 0 Å². The Morgan fingerprint density at radius 1 is 0.519 bits per heavy atom. The van der Waals surface area contributed by atoms with E-state index in [1.165, 1.54) is 18.2 Å². The monoisotopic (exact) mass is 1220 g/mol. The van der Waals surface area contributed by atoms with Crippen molar-refractivity contribution in [1.29, 1.82) is 0 Å². The van der Waals surface area contributed by atoms with Gasteiger partial charge in [-0.3, -0.25) is 14.6 Å². The summed E-state index contributed by atoms with van der Waals surface area (Å²) in [7, 11) is 3.75. The quantitative estimate of drug-likeness (QED) is 0.102. The van der Waals surface area contributed by atoms with E-state index in [1.807, 2.05) is 75.7 Å². The van der Waals surface area contributed by atoms with Crippen molar-refractivity contribution in [1.82, 2.24) is 29.2 Å². The third-order valence-electron chi connectivity index (χ3n) is 14.9. The summed E-state index contributed by atoms with van der Waals surface area (Å²) in [6.45, 7) is 18.6. The fourth-order valence-corrected chi connectivity index (χ4v) is 10.6. The van der Waals surface area contributed by atoms with E-state index in [2.05, 4.69) is 44.0 Å². The summed E-state index contributed by atoms with van der Waals surface area (Å²) in [5.74, 6) is -4.14. The zero-order valence-corrected chi connectivity index (χ0v) is 47.3. The molecule has 0 atom stereocenters. The molecule has 20 heteroatoms. The Morgan fingerprint density at radius 2 is 0.909 bits per heavy atom. The number of carboxylic acid groups (broad SMARTS) is 1. The molecule has 1 amide bonds. The first kappa shape index (κ1) is 60.7. The van der Waals surface area contributed by atoms with Crippen LogP contribution in [0, 0.1) is 37.1 Å². The maximum atomic E-state index is 13.6. The number of piperazine rings is 4. The highest BCUT2D eigenvalue weighted by atomic mass is 127. The largest absolute Gasteiger partial charge is 0.477 e. The van der Waals surface area contributed by atoms with Gasteiger partial charge >= 0.3 is 5.97 Å². The number of hydrogen-bond acceptors (Lipinski definition) is 9. The molecule has 2 N–H and O–H groups in total. The summed E-state index contributed by atoms with van der Waals surface area (Å²) in [6, 6.07) is 27.7. The number of nitrogens with zero attached hydrogens (tertiary/aromatic N) is 9. The van der Waals surface area contributed by atoms with Crippen molar-refractivity contribution >= 4 is 81.8 Å². The Kier molecular flexibility index (Phi) is 22.0. The lowest BCUT2D eigenvalue weighted by Gasteiger charge is -2.36. The predicted molar refractivity (Wildman–Crippen MR) is 313 cm³/mol. The molecule has 4 aliphatic rings. The van der Waals surface area contributed by atoms with Crippen LogP contribution in [0.2, 0.25) is 10.0 Å². The van der Waals surface area contributed by atoms with Gasteiger partial charge in [0.25, 0.3) is 5.91 Å². The van der Waals surface area contributed by atoms with Crippen LogP contribution in [0.5, 0.6) is 0 Å². The van der Waals surface area contributed by atoms with Gasteiger partial charge < -0.3 is 44.1 Å². The van der Waals surface area contributed by atoms with Gasteiger partial charge in [-0.1, -0.05) is 54.9 Å². The number of carbonyl (C=O) groups is 2. The Labute approximate surface area is 477 Å². The standard InChI is InChI=1S/C28H32ClF2N5O.C18H22ClN3O2.C10H12F2N2.CH4.HI/c1-20-21(19-33-9-11-35(12-10-33)26-6-4-3-5-23(26)29)17-27(32(20)2)28(37)36-15-13-34(14-16-36)22-7-8-24(30)25(31)18-22;1-13-14(11-17(18(23)24)20(13)2)12-21-7-9-22(10-8-21)16-6-4-3-5-15(16)19;11-9-2-1-8(7-10(9)12)14-5-3-13-4-6-14;;/h3-8,17-18H,9-16,19H2,1-2H3;3-6,11H,7-10,12H2,1-2H3,(H,23,24);1-2,7,13H,3-6H2;1H4;1H. The zero-order chi connectivity index (χ0) is 53.3. The van der Waals surface area contributed by atoms with E-state index in [4.69, 9.17) is 23.2 Å². The van der Waals surface area contributed by atoms with E-state index >= 15 is 0 Å². The SMILES string of the molecule is C.Cc1c(CN2CCN(c3ccccc3Cl)CC2)cc(C(=O)N2CCN(c3ccc(F)c(F)c3)CC2)n1C.Cc1c(CN2CCN(c3ccccc3Cl)CC2)cc(C(=O)O)n1C.Fc1ccc(N2CCNCC2)cc1F.I. The molecule has 416 valence electrons. The average Bonchev–Trinajstić information content (AvgIpc) is 3.87. The summed E-state index contributed by atoms with van der Waals surface area (Å²) < 4.78 is 56.2. The molecule has 13 nitrogen and oxygen atoms in total. The van der Waals surface area contributed by atoms with Crippen LogP contribution in [0.15, 0.2) is 97.1 Å². The Hall–Kier alpha value is -5.51. The number of aromatic carboxylic acids is 1. The van der Waals surface area contributed by atoms with Gasteiger partial charge in [0.2, 0.25) is 0 Å². The van der Waals surface area contributed by atoms with Gasteiger partial charge in [-0.15, -0.1) is 24.0 Å². The molecule has 77 heavy (non-hydrogen) atoms. The Bertz CT molecular complexity index is 2930. The van der Waals surface area contributed by atoms with Crippen molar-refractivity contribution in [3.63, 3.8) is 0 Å². The molecule has 2 aromatic heterocycles. The van der Waals surface area contributed by atoms with Gasteiger partial charge in [0.05, 0.1) is 21.4 Å². The predicted octanol–water partition coefficient (Wildman–Crippen LogP) is 10.2. The molecule has 0 aliphatic carbocycles. The van der Waals surface area contributed by atoms with Crippen LogP contribution >= 0.6 is 47.2 Å². The van der Waals surface area contributed by atoms with Crippen molar-refractivity contribution in [2.75, 3.05) is 124 Å². The third-order valence-corrected chi connectivity index (χ3v) is 15.5. The highest BCUT2D eigenvalue weighted by molar-refractivity contribution is 14.0. The summed E-state index contributed by atoms with van der Waals surface area (Å²) in [4.78, 5) is 39.9.